The molecule has 0 aromatic heterocycles. The van der Waals surface area contributed by atoms with E-state index >= 15 is 0 Å². The first-order valence-corrected chi connectivity index (χ1v) is 6.07. The Kier molecular flexibility index (Phi) is 3.35. The number of carbonyl (C=O) groups excluding carboxylic acids is 1. The Hall–Kier alpha value is -1.86. The second-order valence-corrected chi connectivity index (χ2v) is 4.58. The number of aliphatic hydroxyl groups excluding tert-OH is 1. The molecule has 0 saturated heterocycles. The van der Waals surface area contributed by atoms with Gasteiger partial charge in [0.15, 0.2) is 0 Å². The molecular weight excluding hydrogens is 228 g/mol. The Balaban J connectivity index is 2.49. The van der Waals surface area contributed by atoms with E-state index in [1.807, 2.05) is 26.0 Å². The summed E-state index contributed by atoms with van der Waals surface area (Å²) >= 11 is 0. The van der Waals surface area contributed by atoms with Crippen molar-refractivity contribution < 1.29 is 9.90 Å². The Labute approximate surface area is 106 Å². The molecule has 2 atom stereocenters. The van der Waals surface area contributed by atoms with Gasteiger partial charge in [0.1, 0.15) is 6.04 Å². The van der Waals surface area contributed by atoms with Crippen molar-refractivity contribution in [1.82, 2.24) is 4.90 Å². The summed E-state index contributed by atoms with van der Waals surface area (Å²) in [5.74, 6) is -0.155. The fourth-order valence-corrected chi connectivity index (χ4v) is 2.43. The summed E-state index contributed by atoms with van der Waals surface area (Å²) in [5, 5.41) is 18.7. The van der Waals surface area contributed by atoms with E-state index in [9.17, 15) is 15.2 Å². The molecule has 0 aliphatic carbocycles. The van der Waals surface area contributed by atoms with Crippen LogP contribution in [0, 0.1) is 18.3 Å². The second-order valence-electron chi connectivity index (χ2n) is 4.58. The largest absolute Gasteiger partial charge is 0.394 e. The van der Waals surface area contributed by atoms with Gasteiger partial charge in [-0.15, -0.1) is 0 Å². The molecule has 1 aromatic carbocycles. The molecule has 1 aliphatic heterocycles. The monoisotopic (exact) mass is 244 g/mol. The molecule has 2 unspecified atom stereocenters. The van der Waals surface area contributed by atoms with Gasteiger partial charge in [-0.3, -0.25) is 4.79 Å². The molecule has 4 heteroatoms. The van der Waals surface area contributed by atoms with E-state index in [4.69, 9.17) is 0 Å². The zero-order chi connectivity index (χ0) is 13.3. The van der Waals surface area contributed by atoms with Crippen molar-refractivity contribution >= 4 is 5.91 Å². The molecular formula is C14H16N2O2. The summed E-state index contributed by atoms with van der Waals surface area (Å²) in [6.07, 6.45) is 0.632. The predicted molar refractivity (Wildman–Crippen MR) is 66.9 cm³/mol. The molecule has 94 valence electrons. The number of aryl methyl sites for hydroxylation is 1. The quantitative estimate of drug-likeness (QED) is 0.881. The first kappa shape index (κ1) is 12.6. The summed E-state index contributed by atoms with van der Waals surface area (Å²) in [4.78, 5) is 13.8. The lowest BCUT2D eigenvalue weighted by atomic mass is 10.0. The standard InChI is InChI=1S/C14H16N2O2/c1-3-10(8-17)16-13(7-15)12-6-9(2)4-5-11(12)14(16)18/h4-6,10,13,17H,3,8H2,1-2H3. The zero-order valence-electron chi connectivity index (χ0n) is 10.6. The number of carbonyl (C=O) groups is 1. The minimum atomic E-state index is -0.579. The lowest BCUT2D eigenvalue weighted by molar-refractivity contribution is 0.0572. The molecule has 0 saturated carbocycles. The van der Waals surface area contributed by atoms with Gasteiger partial charge in [-0.25, -0.2) is 0 Å². The number of amides is 1. The fraction of sp³-hybridized carbons (Fsp3) is 0.429. The van der Waals surface area contributed by atoms with E-state index in [1.165, 1.54) is 4.90 Å². The number of hydrogen-bond donors (Lipinski definition) is 1. The van der Waals surface area contributed by atoms with Crippen LogP contribution in [0.1, 0.15) is 40.9 Å². The maximum absolute atomic E-state index is 12.3. The van der Waals surface area contributed by atoms with E-state index in [0.717, 1.165) is 11.1 Å². The van der Waals surface area contributed by atoms with E-state index in [-0.39, 0.29) is 18.6 Å². The van der Waals surface area contributed by atoms with Crippen LogP contribution in [0.15, 0.2) is 18.2 Å². The molecule has 1 amide bonds. The van der Waals surface area contributed by atoms with Crippen LogP contribution in [0.3, 0.4) is 0 Å². The number of fused-ring (bicyclic) bond motifs is 1. The SMILES string of the molecule is CCC(CO)N1C(=O)c2ccc(C)cc2C1C#N. The molecule has 4 nitrogen and oxygen atoms in total. The minimum absolute atomic E-state index is 0.118. The Bertz CT molecular complexity index is 515. The second kappa shape index (κ2) is 4.79. The average molecular weight is 244 g/mol. The zero-order valence-corrected chi connectivity index (χ0v) is 10.6. The maximum atomic E-state index is 12.3. The third-order valence-corrected chi connectivity index (χ3v) is 3.44. The number of hydrogen-bond acceptors (Lipinski definition) is 3. The molecule has 0 radical (unpaired) electrons. The summed E-state index contributed by atoms with van der Waals surface area (Å²) in [6, 6.07) is 6.81. The normalized spacial score (nSPS) is 19.6. The van der Waals surface area contributed by atoms with Crippen LogP contribution in [0.25, 0.3) is 0 Å². The Morgan fingerprint density at radius 1 is 1.56 bits per heavy atom. The Morgan fingerprint density at radius 3 is 2.83 bits per heavy atom. The molecule has 1 aliphatic rings. The molecule has 0 bridgehead atoms. The molecule has 2 rings (SSSR count). The number of benzene rings is 1. The predicted octanol–water partition coefficient (Wildman–Crippen LogP) is 1.79. The highest BCUT2D eigenvalue weighted by molar-refractivity contribution is 6.00. The van der Waals surface area contributed by atoms with Crippen molar-refractivity contribution in [3.8, 4) is 6.07 Å². The molecule has 0 fully saturated rings. The van der Waals surface area contributed by atoms with Gasteiger partial charge in [-0.1, -0.05) is 24.6 Å². The number of nitriles is 1. The van der Waals surface area contributed by atoms with Crippen LogP contribution in [-0.2, 0) is 0 Å². The number of nitrogens with zero attached hydrogens (tertiary/aromatic N) is 2. The van der Waals surface area contributed by atoms with E-state index in [0.29, 0.717) is 12.0 Å². The van der Waals surface area contributed by atoms with Gasteiger partial charge in [0.05, 0.1) is 18.7 Å². The average Bonchev–Trinajstić information content (AvgIpc) is 2.64. The van der Waals surface area contributed by atoms with E-state index in [1.54, 1.807) is 6.07 Å². The highest BCUT2D eigenvalue weighted by Crippen LogP contribution is 2.35. The molecule has 1 heterocycles. The summed E-state index contributed by atoms with van der Waals surface area (Å²) in [7, 11) is 0. The highest BCUT2D eigenvalue weighted by Gasteiger charge is 2.40. The van der Waals surface area contributed by atoms with Crippen LogP contribution in [0.4, 0.5) is 0 Å². The van der Waals surface area contributed by atoms with Crippen molar-refractivity contribution in [3.63, 3.8) is 0 Å². The summed E-state index contributed by atoms with van der Waals surface area (Å²) in [6.45, 7) is 3.72. The topological polar surface area (TPSA) is 64.3 Å². The minimum Gasteiger partial charge on any atom is -0.394 e. The molecule has 0 spiro atoms. The van der Waals surface area contributed by atoms with Crippen molar-refractivity contribution in [3.05, 3.63) is 34.9 Å². The molecule has 1 aromatic rings. The lowest BCUT2D eigenvalue weighted by Gasteiger charge is -2.28. The van der Waals surface area contributed by atoms with Crippen molar-refractivity contribution in [2.45, 2.75) is 32.4 Å². The Morgan fingerprint density at radius 2 is 2.28 bits per heavy atom. The van der Waals surface area contributed by atoms with Gasteiger partial charge >= 0.3 is 0 Å². The van der Waals surface area contributed by atoms with Gasteiger partial charge in [0.2, 0.25) is 0 Å². The van der Waals surface area contributed by atoms with Crippen LogP contribution >= 0.6 is 0 Å². The van der Waals surface area contributed by atoms with Gasteiger partial charge in [-0.2, -0.15) is 5.26 Å². The third kappa shape index (κ3) is 1.77. The first-order valence-electron chi connectivity index (χ1n) is 6.07. The van der Waals surface area contributed by atoms with E-state index in [2.05, 4.69) is 6.07 Å². The molecule has 1 N–H and O–H groups in total. The summed E-state index contributed by atoms with van der Waals surface area (Å²) < 4.78 is 0. The van der Waals surface area contributed by atoms with Crippen molar-refractivity contribution in [2.75, 3.05) is 6.61 Å². The van der Waals surface area contributed by atoms with Gasteiger partial charge in [0.25, 0.3) is 5.91 Å². The number of rotatable bonds is 3. The molecule has 18 heavy (non-hydrogen) atoms. The van der Waals surface area contributed by atoms with Crippen molar-refractivity contribution in [1.29, 1.82) is 5.26 Å². The van der Waals surface area contributed by atoms with Crippen molar-refractivity contribution in [2.24, 2.45) is 0 Å². The maximum Gasteiger partial charge on any atom is 0.255 e. The number of aliphatic hydroxyl groups is 1. The van der Waals surface area contributed by atoms with Crippen LogP contribution in [0.5, 0.6) is 0 Å². The van der Waals surface area contributed by atoms with Gasteiger partial charge < -0.3 is 10.0 Å². The van der Waals surface area contributed by atoms with E-state index < -0.39 is 6.04 Å². The third-order valence-electron chi connectivity index (χ3n) is 3.44. The van der Waals surface area contributed by atoms with Crippen LogP contribution in [0.2, 0.25) is 0 Å². The first-order chi connectivity index (χ1) is 8.63. The van der Waals surface area contributed by atoms with Gasteiger partial charge in [0, 0.05) is 11.1 Å². The summed E-state index contributed by atoms with van der Waals surface area (Å²) in [5.41, 5.74) is 2.37. The smallest absolute Gasteiger partial charge is 0.255 e. The highest BCUT2D eigenvalue weighted by atomic mass is 16.3. The van der Waals surface area contributed by atoms with Crippen LogP contribution < -0.4 is 0 Å². The van der Waals surface area contributed by atoms with Crippen LogP contribution in [-0.4, -0.2) is 28.6 Å². The fourth-order valence-electron chi connectivity index (χ4n) is 2.43. The lowest BCUT2D eigenvalue weighted by Crippen LogP contribution is -2.39. The van der Waals surface area contributed by atoms with Gasteiger partial charge in [-0.05, 0) is 19.4 Å².